The predicted molar refractivity (Wildman–Crippen MR) is 76.4 cm³/mol. The average molecular weight is 329 g/mol. The smallest absolute Gasteiger partial charge is 0.255 e. The van der Waals surface area contributed by atoms with E-state index >= 15 is 0 Å². The minimum absolute atomic E-state index is 0.0995. The zero-order valence-electron chi connectivity index (χ0n) is 10.7. The van der Waals surface area contributed by atoms with E-state index in [1.54, 1.807) is 11.0 Å². The number of carbonyl (C=O) groups excluding carboxylic acids is 1. The number of nitrogens with two attached hydrogens (primary N) is 1. The molecule has 0 radical (unpaired) electrons. The Hall–Kier alpha value is -0.940. The Balaban J connectivity index is 2.03. The van der Waals surface area contributed by atoms with Gasteiger partial charge in [0.2, 0.25) is 0 Å². The Labute approximate surface area is 121 Å². The lowest BCUT2D eigenvalue weighted by atomic mass is 9.93. The molecule has 0 spiro atoms. The molecule has 5 heteroatoms. The summed E-state index contributed by atoms with van der Waals surface area (Å²) in [6, 6.07) is 4.20. The van der Waals surface area contributed by atoms with Crippen molar-refractivity contribution in [2.45, 2.75) is 19.3 Å². The zero-order chi connectivity index (χ0) is 13.8. The van der Waals surface area contributed by atoms with Gasteiger partial charge in [0, 0.05) is 17.6 Å². The summed E-state index contributed by atoms with van der Waals surface area (Å²) in [5.74, 6) is 0.132. The van der Waals surface area contributed by atoms with Crippen molar-refractivity contribution >= 4 is 21.8 Å². The van der Waals surface area contributed by atoms with E-state index in [9.17, 15) is 9.18 Å². The van der Waals surface area contributed by atoms with Gasteiger partial charge in [0.25, 0.3) is 5.91 Å². The molecule has 1 saturated heterocycles. The highest BCUT2D eigenvalue weighted by atomic mass is 79.9. The van der Waals surface area contributed by atoms with Crippen LogP contribution in [0.3, 0.4) is 0 Å². The normalized spacial score (nSPS) is 16.7. The molecule has 104 valence electrons. The molecule has 1 heterocycles. The van der Waals surface area contributed by atoms with Gasteiger partial charge < -0.3 is 10.6 Å². The molecule has 0 unspecified atom stereocenters. The number of nitrogens with zero attached hydrogens (tertiary/aromatic N) is 1. The highest BCUT2D eigenvalue weighted by molar-refractivity contribution is 9.10. The largest absolute Gasteiger partial charge is 0.339 e. The summed E-state index contributed by atoms with van der Waals surface area (Å²) in [5.41, 5.74) is 5.95. The summed E-state index contributed by atoms with van der Waals surface area (Å²) in [6.45, 7) is 2.16. The molecule has 1 amide bonds. The summed E-state index contributed by atoms with van der Waals surface area (Å²) < 4.78 is 13.9. The molecule has 0 aliphatic carbocycles. The van der Waals surface area contributed by atoms with Gasteiger partial charge in [-0.25, -0.2) is 4.39 Å². The molecule has 2 rings (SSSR count). The van der Waals surface area contributed by atoms with Crippen LogP contribution in [-0.4, -0.2) is 30.4 Å². The van der Waals surface area contributed by atoms with E-state index in [4.69, 9.17) is 5.73 Å². The fourth-order valence-electron chi connectivity index (χ4n) is 2.49. The number of hydrogen-bond acceptors (Lipinski definition) is 2. The number of piperidine rings is 1. The van der Waals surface area contributed by atoms with Crippen LogP contribution in [0.5, 0.6) is 0 Å². The van der Waals surface area contributed by atoms with Gasteiger partial charge in [-0.05, 0) is 65.9 Å². The standard InChI is InChI=1S/C14H18BrFN2O/c15-13-2-1-11(16)9-12(13)14(19)18-7-4-10(3-6-17)5-8-18/h1-2,9-10H,3-8,17H2. The first-order chi connectivity index (χ1) is 9.11. The Bertz CT molecular complexity index is 459. The minimum Gasteiger partial charge on any atom is -0.339 e. The summed E-state index contributed by atoms with van der Waals surface area (Å²) in [4.78, 5) is 14.1. The molecule has 3 nitrogen and oxygen atoms in total. The molecule has 0 bridgehead atoms. The molecule has 0 saturated carbocycles. The summed E-state index contributed by atoms with van der Waals surface area (Å²) in [7, 11) is 0. The Morgan fingerprint density at radius 1 is 1.42 bits per heavy atom. The number of benzene rings is 1. The molecule has 1 aliphatic heterocycles. The first kappa shape index (κ1) is 14.5. The van der Waals surface area contributed by atoms with Crippen LogP contribution < -0.4 is 5.73 Å². The van der Waals surface area contributed by atoms with E-state index in [0.29, 0.717) is 22.5 Å². The van der Waals surface area contributed by atoms with Crippen LogP contribution in [0.1, 0.15) is 29.6 Å². The monoisotopic (exact) mass is 328 g/mol. The zero-order valence-corrected chi connectivity index (χ0v) is 12.3. The lowest BCUT2D eigenvalue weighted by Crippen LogP contribution is -2.39. The van der Waals surface area contributed by atoms with E-state index in [0.717, 1.165) is 32.4 Å². The lowest BCUT2D eigenvalue weighted by molar-refractivity contribution is 0.0686. The van der Waals surface area contributed by atoms with Gasteiger partial charge in [0.15, 0.2) is 0 Å². The van der Waals surface area contributed by atoms with Crippen molar-refractivity contribution in [1.29, 1.82) is 0 Å². The quantitative estimate of drug-likeness (QED) is 0.927. The van der Waals surface area contributed by atoms with Crippen molar-refractivity contribution in [3.05, 3.63) is 34.1 Å². The Morgan fingerprint density at radius 3 is 2.74 bits per heavy atom. The van der Waals surface area contributed by atoms with Crippen LogP contribution in [0, 0.1) is 11.7 Å². The maximum absolute atomic E-state index is 13.2. The molecule has 1 aromatic rings. The third kappa shape index (κ3) is 3.54. The molecular formula is C14H18BrFN2O. The van der Waals surface area contributed by atoms with Gasteiger partial charge in [0.05, 0.1) is 5.56 Å². The molecule has 19 heavy (non-hydrogen) atoms. The van der Waals surface area contributed by atoms with Gasteiger partial charge in [-0.2, -0.15) is 0 Å². The first-order valence-electron chi connectivity index (χ1n) is 6.56. The number of halogens is 2. The third-order valence-electron chi connectivity index (χ3n) is 3.64. The van der Waals surface area contributed by atoms with Crippen molar-refractivity contribution < 1.29 is 9.18 Å². The van der Waals surface area contributed by atoms with Crippen LogP contribution in [-0.2, 0) is 0 Å². The van der Waals surface area contributed by atoms with Crippen LogP contribution in [0.25, 0.3) is 0 Å². The maximum atomic E-state index is 13.2. The van der Waals surface area contributed by atoms with Gasteiger partial charge in [0.1, 0.15) is 5.82 Å². The second-order valence-electron chi connectivity index (χ2n) is 4.94. The molecule has 2 N–H and O–H groups in total. The summed E-state index contributed by atoms with van der Waals surface area (Å²) in [5, 5.41) is 0. The van der Waals surface area contributed by atoms with Crippen molar-refractivity contribution in [2.75, 3.05) is 19.6 Å². The third-order valence-corrected chi connectivity index (χ3v) is 4.33. The second kappa shape index (κ2) is 6.48. The number of hydrogen-bond donors (Lipinski definition) is 1. The van der Waals surface area contributed by atoms with Crippen molar-refractivity contribution in [1.82, 2.24) is 4.90 Å². The van der Waals surface area contributed by atoms with E-state index < -0.39 is 0 Å². The van der Waals surface area contributed by atoms with Gasteiger partial charge >= 0.3 is 0 Å². The number of carbonyl (C=O) groups is 1. The van der Waals surface area contributed by atoms with Gasteiger partial charge in [-0.1, -0.05) is 0 Å². The van der Waals surface area contributed by atoms with Crippen molar-refractivity contribution in [3.63, 3.8) is 0 Å². The molecule has 1 fully saturated rings. The molecular weight excluding hydrogens is 311 g/mol. The Morgan fingerprint density at radius 2 is 2.11 bits per heavy atom. The molecule has 1 aromatic carbocycles. The van der Waals surface area contributed by atoms with Crippen molar-refractivity contribution in [3.8, 4) is 0 Å². The maximum Gasteiger partial charge on any atom is 0.255 e. The van der Waals surface area contributed by atoms with Crippen molar-refractivity contribution in [2.24, 2.45) is 11.7 Å². The summed E-state index contributed by atoms with van der Waals surface area (Å²) in [6.07, 6.45) is 2.98. The highest BCUT2D eigenvalue weighted by Crippen LogP contribution is 2.24. The number of likely N-dealkylation sites (tertiary alicyclic amines) is 1. The van der Waals surface area contributed by atoms with Crippen LogP contribution in [0.15, 0.2) is 22.7 Å². The number of amides is 1. The Kier molecular flexibility index (Phi) is 4.93. The van der Waals surface area contributed by atoms with E-state index in [1.807, 2.05) is 0 Å². The molecule has 1 aliphatic rings. The minimum atomic E-state index is -0.385. The second-order valence-corrected chi connectivity index (χ2v) is 5.79. The fraction of sp³-hybridized carbons (Fsp3) is 0.500. The average Bonchev–Trinajstić information content (AvgIpc) is 2.42. The van der Waals surface area contributed by atoms with Crippen LogP contribution >= 0.6 is 15.9 Å². The fourth-order valence-corrected chi connectivity index (χ4v) is 2.91. The van der Waals surface area contributed by atoms with E-state index in [2.05, 4.69) is 15.9 Å². The SMILES string of the molecule is NCCC1CCN(C(=O)c2cc(F)ccc2Br)CC1. The molecule has 0 atom stereocenters. The topological polar surface area (TPSA) is 46.3 Å². The first-order valence-corrected chi connectivity index (χ1v) is 7.35. The molecule has 0 aromatic heterocycles. The van der Waals surface area contributed by atoms with E-state index in [-0.39, 0.29) is 11.7 Å². The lowest BCUT2D eigenvalue weighted by Gasteiger charge is -2.32. The highest BCUT2D eigenvalue weighted by Gasteiger charge is 2.24. The van der Waals surface area contributed by atoms with Gasteiger partial charge in [-0.15, -0.1) is 0 Å². The summed E-state index contributed by atoms with van der Waals surface area (Å²) >= 11 is 3.30. The van der Waals surface area contributed by atoms with Crippen LogP contribution in [0.2, 0.25) is 0 Å². The predicted octanol–water partition coefficient (Wildman–Crippen LogP) is 2.79. The number of rotatable bonds is 3. The van der Waals surface area contributed by atoms with E-state index in [1.165, 1.54) is 12.1 Å². The van der Waals surface area contributed by atoms with Gasteiger partial charge in [-0.3, -0.25) is 4.79 Å². The van der Waals surface area contributed by atoms with Crippen LogP contribution in [0.4, 0.5) is 4.39 Å².